The molecule has 0 amide bonds. The van der Waals surface area contributed by atoms with Crippen molar-refractivity contribution in [3.05, 3.63) is 10.7 Å². The average Bonchev–Trinajstić information content (AvgIpc) is 2.37. The van der Waals surface area contributed by atoms with Gasteiger partial charge in [-0.1, -0.05) is 6.92 Å². The molecule has 0 radical (unpaired) electrons. The van der Waals surface area contributed by atoms with Crippen molar-refractivity contribution in [2.75, 3.05) is 30.4 Å². The minimum absolute atomic E-state index is 0.204. The maximum atomic E-state index is 5.37. The van der Waals surface area contributed by atoms with Gasteiger partial charge in [-0.05, 0) is 36.2 Å². The van der Waals surface area contributed by atoms with E-state index in [4.69, 9.17) is 4.74 Å². The van der Waals surface area contributed by atoms with Crippen molar-refractivity contribution in [3.63, 3.8) is 0 Å². The molecular formula is C12H21BrN4O. The van der Waals surface area contributed by atoms with Crippen LogP contribution in [0.5, 0.6) is 0 Å². The van der Waals surface area contributed by atoms with Crippen LogP contribution in [-0.2, 0) is 4.74 Å². The molecule has 1 rings (SSSR count). The van der Waals surface area contributed by atoms with Crippen LogP contribution < -0.4 is 10.6 Å². The highest BCUT2D eigenvalue weighted by molar-refractivity contribution is 9.10. The smallest absolute Gasteiger partial charge is 0.224 e. The van der Waals surface area contributed by atoms with Crippen molar-refractivity contribution < 1.29 is 4.74 Å². The molecule has 0 aliphatic heterocycles. The number of ether oxygens (including phenoxy) is 1. The Balaban J connectivity index is 2.62. The van der Waals surface area contributed by atoms with Crippen LogP contribution >= 0.6 is 15.9 Å². The summed E-state index contributed by atoms with van der Waals surface area (Å²) in [5.41, 5.74) is 0. The Labute approximate surface area is 117 Å². The Hall–Kier alpha value is -0.880. The van der Waals surface area contributed by atoms with Crippen molar-refractivity contribution in [1.29, 1.82) is 0 Å². The summed E-state index contributed by atoms with van der Waals surface area (Å²) in [6, 6.07) is 0.204. The quantitative estimate of drug-likeness (QED) is 0.772. The van der Waals surface area contributed by atoms with Gasteiger partial charge in [0.1, 0.15) is 5.82 Å². The third kappa shape index (κ3) is 5.18. The normalized spacial score (nSPS) is 12.2. The van der Waals surface area contributed by atoms with E-state index in [1.165, 1.54) is 0 Å². The second kappa shape index (κ2) is 8.26. The molecule has 6 heteroatoms. The minimum Gasteiger partial charge on any atom is -0.380 e. The van der Waals surface area contributed by atoms with Gasteiger partial charge < -0.3 is 15.4 Å². The molecular weight excluding hydrogens is 296 g/mol. The van der Waals surface area contributed by atoms with Crippen molar-refractivity contribution in [2.24, 2.45) is 0 Å². The van der Waals surface area contributed by atoms with Crippen molar-refractivity contribution in [1.82, 2.24) is 9.97 Å². The number of anilines is 2. The molecule has 1 atom stereocenters. The largest absolute Gasteiger partial charge is 0.380 e. The first-order valence-corrected chi connectivity index (χ1v) is 7.07. The van der Waals surface area contributed by atoms with E-state index in [0.29, 0.717) is 12.6 Å². The van der Waals surface area contributed by atoms with Gasteiger partial charge in [0.15, 0.2) is 0 Å². The third-order valence-electron chi connectivity index (χ3n) is 2.23. The van der Waals surface area contributed by atoms with Crippen LogP contribution in [-0.4, -0.2) is 35.8 Å². The van der Waals surface area contributed by atoms with Gasteiger partial charge in [0.05, 0.1) is 11.1 Å². The highest BCUT2D eigenvalue weighted by atomic mass is 79.9. The molecule has 102 valence electrons. The van der Waals surface area contributed by atoms with Gasteiger partial charge in [-0.25, -0.2) is 4.98 Å². The lowest BCUT2D eigenvalue weighted by molar-refractivity contribution is 0.141. The lowest BCUT2D eigenvalue weighted by atomic mass is 10.3. The molecule has 0 bridgehead atoms. The Bertz CT molecular complexity index is 362. The Morgan fingerprint density at radius 3 is 2.89 bits per heavy atom. The number of halogens is 1. The van der Waals surface area contributed by atoms with Crippen LogP contribution in [0.25, 0.3) is 0 Å². The number of hydrogen-bond acceptors (Lipinski definition) is 5. The molecule has 0 aliphatic rings. The zero-order valence-electron chi connectivity index (χ0n) is 11.2. The second-order valence-electron chi connectivity index (χ2n) is 4.02. The summed E-state index contributed by atoms with van der Waals surface area (Å²) in [7, 11) is 0. The molecule has 2 N–H and O–H groups in total. The lowest BCUT2D eigenvalue weighted by Gasteiger charge is -2.16. The Kier molecular flexibility index (Phi) is 6.97. The minimum atomic E-state index is 0.204. The van der Waals surface area contributed by atoms with E-state index in [2.05, 4.69) is 50.4 Å². The van der Waals surface area contributed by atoms with E-state index in [0.717, 1.165) is 29.9 Å². The standard InChI is InChI=1S/C12H21BrN4O/c1-4-6-14-12-15-7-10(13)11(17-12)16-9(3)8-18-5-2/h7,9H,4-6,8H2,1-3H3,(H2,14,15,16,17). The predicted molar refractivity (Wildman–Crippen MR) is 78.1 cm³/mol. The molecule has 0 spiro atoms. The van der Waals surface area contributed by atoms with Gasteiger partial charge >= 0.3 is 0 Å². The molecule has 0 saturated carbocycles. The maximum absolute atomic E-state index is 5.37. The Morgan fingerprint density at radius 1 is 1.44 bits per heavy atom. The molecule has 5 nitrogen and oxygen atoms in total. The zero-order valence-corrected chi connectivity index (χ0v) is 12.7. The van der Waals surface area contributed by atoms with Crippen LogP contribution in [0.4, 0.5) is 11.8 Å². The van der Waals surface area contributed by atoms with Gasteiger partial charge in [-0.2, -0.15) is 4.98 Å². The maximum Gasteiger partial charge on any atom is 0.224 e. The summed E-state index contributed by atoms with van der Waals surface area (Å²) in [5, 5.41) is 6.46. The fourth-order valence-electron chi connectivity index (χ4n) is 1.36. The van der Waals surface area contributed by atoms with Crippen LogP contribution in [0.3, 0.4) is 0 Å². The van der Waals surface area contributed by atoms with E-state index in [9.17, 15) is 0 Å². The summed E-state index contributed by atoms with van der Waals surface area (Å²) >= 11 is 3.44. The number of nitrogens with one attached hydrogen (secondary N) is 2. The van der Waals surface area contributed by atoms with Crippen LogP contribution in [0, 0.1) is 0 Å². The fourth-order valence-corrected chi connectivity index (χ4v) is 1.67. The molecule has 0 saturated heterocycles. The van der Waals surface area contributed by atoms with Crippen molar-refractivity contribution in [2.45, 2.75) is 33.2 Å². The summed E-state index contributed by atoms with van der Waals surface area (Å²) in [6.07, 6.45) is 2.80. The predicted octanol–water partition coefficient (Wildman–Crippen LogP) is 2.90. The van der Waals surface area contributed by atoms with Gasteiger partial charge in [0.25, 0.3) is 0 Å². The monoisotopic (exact) mass is 316 g/mol. The van der Waals surface area contributed by atoms with Gasteiger partial charge in [0.2, 0.25) is 5.95 Å². The molecule has 0 aromatic carbocycles. The average molecular weight is 317 g/mol. The van der Waals surface area contributed by atoms with Gasteiger partial charge in [-0.3, -0.25) is 0 Å². The van der Waals surface area contributed by atoms with E-state index >= 15 is 0 Å². The highest BCUT2D eigenvalue weighted by Crippen LogP contribution is 2.20. The first-order chi connectivity index (χ1) is 8.67. The van der Waals surface area contributed by atoms with Crippen molar-refractivity contribution >= 4 is 27.7 Å². The summed E-state index contributed by atoms with van der Waals surface area (Å²) in [5.74, 6) is 1.43. The summed E-state index contributed by atoms with van der Waals surface area (Å²) < 4.78 is 6.22. The van der Waals surface area contributed by atoms with E-state index < -0.39 is 0 Å². The van der Waals surface area contributed by atoms with Crippen LogP contribution in [0.2, 0.25) is 0 Å². The molecule has 1 aromatic rings. The van der Waals surface area contributed by atoms with E-state index in [1.807, 2.05) is 6.92 Å². The topological polar surface area (TPSA) is 59.1 Å². The van der Waals surface area contributed by atoms with Crippen molar-refractivity contribution in [3.8, 4) is 0 Å². The molecule has 0 aliphatic carbocycles. The van der Waals surface area contributed by atoms with E-state index in [1.54, 1.807) is 6.20 Å². The molecule has 18 heavy (non-hydrogen) atoms. The molecule has 1 unspecified atom stereocenters. The third-order valence-corrected chi connectivity index (χ3v) is 2.81. The molecule has 1 heterocycles. The lowest BCUT2D eigenvalue weighted by Crippen LogP contribution is -2.23. The van der Waals surface area contributed by atoms with Gasteiger partial charge in [-0.15, -0.1) is 0 Å². The second-order valence-corrected chi connectivity index (χ2v) is 4.88. The number of hydrogen-bond donors (Lipinski definition) is 2. The highest BCUT2D eigenvalue weighted by Gasteiger charge is 2.08. The first kappa shape index (κ1) is 15.2. The van der Waals surface area contributed by atoms with Crippen LogP contribution in [0.1, 0.15) is 27.2 Å². The number of nitrogens with zero attached hydrogens (tertiary/aromatic N) is 2. The number of rotatable bonds is 8. The Morgan fingerprint density at radius 2 is 2.22 bits per heavy atom. The zero-order chi connectivity index (χ0) is 13.4. The first-order valence-electron chi connectivity index (χ1n) is 6.28. The van der Waals surface area contributed by atoms with Crippen LogP contribution in [0.15, 0.2) is 10.7 Å². The summed E-state index contributed by atoms with van der Waals surface area (Å²) in [4.78, 5) is 8.63. The number of aromatic nitrogens is 2. The fraction of sp³-hybridized carbons (Fsp3) is 0.667. The summed E-state index contributed by atoms with van der Waals surface area (Å²) in [6.45, 7) is 8.40. The van der Waals surface area contributed by atoms with E-state index in [-0.39, 0.29) is 6.04 Å². The van der Waals surface area contributed by atoms with Gasteiger partial charge in [0, 0.05) is 25.4 Å². The molecule has 0 fully saturated rings. The molecule has 1 aromatic heterocycles. The SMILES string of the molecule is CCCNc1ncc(Br)c(NC(C)COCC)n1.